The number of halogens is 3. The average Bonchev–Trinajstić information content (AvgIpc) is 3.40. The highest BCUT2D eigenvalue weighted by Gasteiger charge is 2.27. The number of benzene rings is 2. The number of anilines is 2. The van der Waals surface area contributed by atoms with E-state index in [1.165, 1.54) is 29.5 Å². The molecule has 1 fully saturated rings. The lowest BCUT2D eigenvalue weighted by molar-refractivity contribution is 0.0708. The molecule has 3 heterocycles. The van der Waals surface area contributed by atoms with E-state index in [2.05, 4.69) is 9.97 Å². The number of rotatable bonds is 9. The zero-order valence-electron chi connectivity index (χ0n) is 22.8. The average molecular weight is 620 g/mol. The molecule has 0 amide bonds. The van der Waals surface area contributed by atoms with Crippen LogP contribution in [0, 0.1) is 17.5 Å². The van der Waals surface area contributed by atoms with E-state index in [0.717, 1.165) is 6.07 Å². The Bertz CT molecular complexity index is 1700. The number of ether oxygens (including phenoxy) is 1. The van der Waals surface area contributed by atoms with Gasteiger partial charge >= 0.3 is 0 Å². The van der Waals surface area contributed by atoms with Gasteiger partial charge in [0.15, 0.2) is 10.9 Å². The van der Waals surface area contributed by atoms with Gasteiger partial charge in [0.1, 0.15) is 22.4 Å². The number of aryl methyl sites for hydroxylation is 1. The molecule has 0 aliphatic carbocycles. The maximum absolute atomic E-state index is 16.0. The summed E-state index contributed by atoms with van der Waals surface area (Å²) in [5.41, 5.74) is -0.683. The highest BCUT2D eigenvalue weighted by Crippen LogP contribution is 2.42. The molecule has 0 radical (unpaired) electrons. The normalized spacial score (nSPS) is 14.3. The molecule has 42 heavy (non-hydrogen) atoms. The van der Waals surface area contributed by atoms with Crippen molar-refractivity contribution in [3.8, 4) is 21.8 Å². The van der Waals surface area contributed by atoms with Gasteiger partial charge in [0, 0.05) is 31.3 Å². The summed E-state index contributed by atoms with van der Waals surface area (Å²) in [7, 11) is -4.67. The van der Waals surface area contributed by atoms with Crippen molar-refractivity contribution in [2.24, 2.45) is 0 Å². The Morgan fingerprint density at radius 1 is 1.10 bits per heavy atom. The quantitative estimate of drug-likeness (QED) is 0.268. The highest BCUT2D eigenvalue weighted by molar-refractivity contribution is 7.92. The van der Waals surface area contributed by atoms with Gasteiger partial charge in [-0.25, -0.2) is 36.5 Å². The number of thiazole rings is 1. The smallest absolute Gasteiger partial charge is 0.265 e. The van der Waals surface area contributed by atoms with Crippen molar-refractivity contribution in [1.82, 2.24) is 15.0 Å². The van der Waals surface area contributed by atoms with E-state index in [4.69, 9.17) is 9.72 Å². The third-order valence-corrected chi connectivity index (χ3v) is 9.00. The maximum Gasteiger partial charge on any atom is 0.265 e. The summed E-state index contributed by atoms with van der Waals surface area (Å²) in [6.45, 7) is 5.55. The molecule has 2 aromatic carbocycles. The largest absolute Gasteiger partial charge is 0.390 e. The third-order valence-electron chi connectivity index (χ3n) is 6.48. The summed E-state index contributed by atoms with van der Waals surface area (Å²) in [4.78, 5) is 15.3. The van der Waals surface area contributed by atoms with Crippen LogP contribution in [0.3, 0.4) is 0 Å². The van der Waals surface area contributed by atoms with Crippen LogP contribution >= 0.6 is 11.3 Å². The first-order chi connectivity index (χ1) is 19.9. The second kappa shape index (κ2) is 12.0. The monoisotopic (exact) mass is 619 g/mol. The summed E-state index contributed by atoms with van der Waals surface area (Å²) >= 11 is 1.30. The number of aliphatic hydroxyl groups is 1. The second-order valence-corrected chi connectivity index (χ2v) is 12.9. The fraction of sp³-hybridized carbons (Fsp3) is 0.321. The van der Waals surface area contributed by atoms with Gasteiger partial charge in [-0.15, -0.1) is 0 Å². The minimum Gasteiger partial charge on any atom is -0.390 e. The molecule has 5 rings (SSSR count). The predicted molar refractivity (Wildman–Crippen MR) is 153 cm³/mol. The molecule has 14 heteroatoms. The van der Waals surface area contributed by atoms with E-state index in [1.807, 2.05) is 9.62 Å². The molecular weight excluding hydrogens is 591 g/mol. The number of aromatic nitrogens is 3. The van der Waals surface area contributed by atoms with E-state index in [0.29, 0.717) is 72.8 Å². The fourth-order valence-corrected chi connectivity index (χ4v) is 6.55. The molecule has 1 aliphatic rings. The minimum atomic E-state index is -4.67. The first-order valence-corrected chi connectivity index (χ1v) is 15.4. The molecule has 222 valence electrons. The molecule has 2 N–H and O–H groups in total. The van der Waals surface area contributed by atoms with Gasteiger partial charge in [-0.05, 0) is 56.7 Å². The van der Waals surface area contributed by atoms with Crippen LogP contribution in [-0.4, -0.2) is 60.4 Å². The Morgan fingerprint density at radius 3 is 2.60 bits per heavy atom. The van der Waals surface area contributed by atoms with E-state index < -0.39 is 43.7 Å². The molecule has 9 nitrogen and oxygen atoms in total. The van der Waals surface area contributed by atoms with Gasteiger partial charge in [0.25, 0.3) is 10.0 Å². The minimum absolute atomic E-state index is 0.0164. The van der Waals surface area contributed by atoms with E-state index in [9.17, 15) is 22.3 Å². The molecule has 0 atom stereocenters. The number of hydrogen-bond donors (Lipinski definition) is 2. The van der Waals surface area contributed by atoms with Crippen molar-refractivity contribution in [2.75, 3.05) is 35.9 Å². The Morgan fingerprint density at radius 2 is 1.86 bits per heavy atom. The molecule has 1 saturated heterocycles. The van der Waals surface area contributed by atoms with Crippen LogP contribution in [0.15, 0.2) is 53.6 Å². The summed E-state index contributed by atoms with van der Waals surface area (Å²) < 4.78 is 77.3. The van der Waals surface area contributed by atoms with Crippen molar-refractivity contribution in [1.29, 1.82) is 0 Å². The highest BCUT2D eigenvalue weighted by atomic mass is 32.2. The zero-order chi connectivity index (χ0) is 30.1. The number of morpholine rings is 1. The number of nitrogens with zero attached hydrogens (tertiary/aromatic N) is 4. The van der Waals surface area contributed by atoms with Crippen molar-refractivity contribution >= 4 is 32.2 Å². The van der Waals surface area contributed by atoms with Gasteiger partial charge in [-0.1, -0.05) is 17.4 Å². The van der Waals surface area contributed by atoms with Gasteiger partial charge in [-0.2, -0.15) is 0 Å². The molecule has 0 bridgehead atoms. The third kappa shape index (κ3) is 6.72. The Balaban J connectivity index is 1.57. The van der Waals surface area contributed by atoms with Crippen LogP contribution in [0.5, 0.6) is 0 Å². The van der Waals surface area contributed by atoms with Crippen molar-refractivity contribution < 1.29 is 31.4 Å². The lowest BCUT2D eigenvalue weighted by Gasteiger charge is -2.26. The Kier molecular flexibility index (Phi) is 8.51. The summed E-state index contributed by atoms with van der Waals surface area (Å²) in [5.74, 6) is -2.60. The topological polar surface area (TPSA) is 118 Å². The fourth-order valence-electron chi connectivity index (χ4n) is 4.30. The van der Waals surface area contributed by atoms with Gasteiger partial charge in [-0.3, -0.25) is 4.72 Å². The first kappa shape index (κ1) is 29.9. The lowest BCUT2D eigenvalue weighted by atomic mass is 10.0. The van der Waals surface area contributed by atoms with Crippen LogP contribution < -0.4 is 9.62 Å². The van der Waals surface area contributed by atoms with Crippen molar-refractivity contribution in [3.63, 3.8) is 0 Å². The Hall–Kier alpha value is -3.59. The van der Waals surface area contributed by atoms with E-state index in [-0.39, 0.29) is 11.3 Å². The standard InChI is InChI=1S/C28H28F3N5O4S2/c1-28(2,37)10-8-23-32-11-9-21(33-23)26-25(34-27(41-26)36-12-14-40-15-13-36)18-4-3-5-20(24(18)31)35-42(38,39)22-16-17(29)6-7-19(22)30/h3-7,9,11,16,35,37H,8,10,12-15H2,1-2H3. The van der Waals surface area contributed by atoms with Gasteiger partial charge in [0.05, 0.1) is 40.8 Å². The second-order valence-electron chi connectivity index (χ2n) is 10.3. The van der Waals surface area contributed by atoms with Crippen LogP contribution in [0.1, 0.15) is 26.1 Å². The van der Waals surface area contributed by atoms with Crippen LogP contribution in [-0.2, 0) is 21.2 Å². The van der Waals surface area contributed by atoms with Gasteiger partial charge in [0.2, 0.25) is 0 Å². The molecule has 0 spiro atoms. The van der Waals surface area contributed by atoms with Crippen molar-refractivity contribution in [2.45, 2.75) is 37.2 Å². The number of sulfonamides is 1. The lowest BCUT2D eigenvalue weighted by Crippen LogP contribution is -2.36. The summed E-state index contributed by atoms with van der Waals surface area (Å²) in [6, 6.07) is 7.74. The molecule has 0 unspecified atom stereocenters. The number of hydrogen-bond acceptors (Lipinski definition) is 9. The Labute approximate surface area is 245 Å². The first-order valence-electron chi connectivity index (χ1n) is 13.1. The molecule has 0 saturated carbocycles. The van der Waals surface area contributed by atoms with Crippen LogP contribution in [0.2, 0.25) is 0 Å². The molecule has 4 aromatic rings. The van der Waals surface area contributed by atoms with E-state index in [1.54, 1.807) is 26.1 Å². The molecule has 1 aliphatic heterocycles. The SMILES string of the molecule is CC(C)(O)CCc1nccc(-c2sc(N3CCOCC3)nc2-c2cccc(NS(=O)(=O)c3cc(F)ccc3F)c2F)n1. The summed E-state index contributed by atoms with van der Waals surface area (Å²) in [5, 5.41) is 10.7. The van der Waals surface area contributed by atoms with Crippen LogP contribution in [0.25, 0.3) is 21.8 Å². The predicted octanol–water partition coefficient (Wildman–Crippen LogP) is 5.03. The molecule has 2 aromatic heterocycles. The van der Waals surface area contributed by atoms with Crippen molar-refractivity contribution in [3.05, 3.63) is 71.9 Å². The number of nitrogens with one attached hydrogen (secondary N) is 1. The molecular formula is C28H28F3N5O4S2. The van der Waals surface area contributed by atoms with Crippen LogP contribution in [0.4, 0.5) is 24.0 Å². The summed E-state index contributed by atoms with van der Waals surface area (Å²) in [6.07, 6.45) is 2.41. The zero-order valence-corrected chi connectivity index (χ0v) is 24.4. The van der Waals surface area contributed by atoms with Gasteiger partial charge < -0.3 is 14.7 Å². The maximum atomic E-state index is 16.0. The van der Waals surface area contributed by atoms with E-state index >= 15 is 4.39 Å².